The Morgan fingerprint density at radius 3 is 2.53 bits per heavy atom. The van der Waals surface area contributed by atoms with Crippen molar-refractivity contribution in [2.24, 2.45) is 0 Å². The van der Waals surface area contributed by atoms with E-state index in [-0.39, 0.29) is 12.0 Å². The van der Waals surface area contributed by atoms with Gasteiger partial charge in [-0.05, 0) is 43.7 Å². The van der Waals surface area contributed by atoms with Crippen LogP contribution in [-0.2, 0) is 4.79 Å². The number of hydrogen-bond acceptors (Lipinski definition) is 6. The van der Waals surface area contributed by atoms with Gasteiger partial charge in [-0.1, -0.05) is 35.1 Å². The molecule has 0 spiro atoms. The zero-order chi connectivity index (χ0) is 20.8. The van der Waals surface area contributed by atoms with Crippen LogP contribution in [0.1, 0.15) is 12.5 Å². The van der Waals surface area contributed by atoms with Crippen molar-refractivity contribution in [1.82, 2.24) is 9.88 Å². The first-order valence-corrected chi connectivity index (χ1v) is 11.2. The van der Waals surface area contributed by atoms with Gasteiger partial charge in [0.25, 0.3) is 5.91 Å². The molecule has 1 fully saturated rings. The summed E-state index contributed by atoms with van der Waals surface area (Å²) < 4.78 is 13.0. The molecule has 0 saturated carbocycles. The Morgan fingerprint density at radius 1 is 1.10 bits per heavy atom. The van der Waals surface area contributed by atoms with Crippen LogP contribution in [0, 0.1) is 6.92 Å². The Kier molecular flexibility index (Phi) is 4.95. The number of hydrogen-bond donors (Lipinski definition) is 0. The number of carbonyl (C=O) groups is 1. The third kappa shape index (κ3) is 3.36. The molecule has 0 N–H and O–H groups in total. The van der Waals surface area contributed by atoms with Crippen molar-refractivity contribution < 1.29 is 14.3 Å². The number of rotatable bonds is 2. The third-order valence-corrected chi connectivity index (χ3v) is 7.17. The molecule has 0 bridgehead atoms. The Bertz CT molecular complexity index is 1110. The van der Waals surface area contributed by atoms with E-state index in [1.165, 1.54) is 0 Å². The summed E-state index contributed by atoms with van der Waals surface area (Å²) in [5.74, 6) is 1.28. The minimum atomic E-state index is -0.626. The maximum atomic E-state index is 13.1. The van der Waals surface area contributed by atoms with Crippen LogP contribution >= 0.6 is 22.9 Å². The molecule has 8 heteroatoms. The Hall–Kier alpha value is -2.51. The molecular formula is C22H22ClN3O3S. The smallest absolute Gasteiger partial charge is 0.267 e. The number of aromatic nitrogens is 1. The molecule has 0 radical (unpaired) electrons. The molecule has 2 aliphatic rings. The van der Waals surface area contributed by atoms with E-state index in [1.807, 2.05) is 55.1 Å². The molecule has 2 atom stereocenters. The average Bonchev–Trinajstić information content (AvgIpc) is 3.21. The van der Waals surface area contributed by atoms with Crippen LogP contribution in [0.4, 0.5) is 5.13 Å². The normalized spacial score (nSPS) is 21.2. The van der Waals surface area contributed by atoms with Crippen molar-refractivity contribution in [2.75, 3.05) is 31.1 Å². The molecule has 0 aliphatic carbocycles. The average molecular weight is 444 g/mol. The summed E-state index contributed by atoms with van der Waals surface area (Å²) in [6.07, 6.45) is -0.957. The quantitative estimate of drug-likeness (QED) is 0.596. The first-order chi connectivity index (χ1) is 14.5. The summed E-state index contributed by atoms with van der Waals surface area (Å²) in [6.45, 7) is 6.60. The van der Waals surface area contributed by atoms with E-state index in [0.29, 0.717) is 24.6 Å². The number of piperazine rings is 1. The predicted octanol–water partition coefficient (Wildman–Crippen LogP) is 4.14. The van der Waals surface area contributed by atoms with Gasteiger partial charge in [0.2, 0.25) is 6.10 Å². The standard InChI is InChI=1S/C22H22ClN3O3S/c1-13-15(23)7-8-18-19(13)24-22(30-18)26-11-9-25(10-12-26)21(27)20-14(2)28-16-5-3-4-6-17(16)29-20/h3-8,14,20H,9-12H2,1-2H3. The first-order valence-electron chi connectivity index (χ1n) is 10.0. The van der Waals surface area contributed by atoms with Crippen LogP contribution in [-0.4, -0.2) is 54.2 Å². The second-order valence-electron chi connectivity index (χ2n) is 7.64. The summed E-state index contributed by atoms with van der Waals surface area (Å²) in [7, 11) is 0. The first kappa shape index (κ1) is 19.5. The van der Waals surface area contributed by atoms with Crippen molar-refractivity contribution in [3.8, 4) is 11.5 Å². The van der Waals surface area contributed by atoms with Gasteiger partial charge in [0, 0.05) is 31.2 Å². The number of para-hydroxylation sites is 2. The van der Waals surface area contributed by atoms with Gasteiger partial charge in [-0.15, -0.1) is 0 Å². The van der Waals surface area contributed by atoms with Crippen LogP contribution in [0.5, 0.6) is 11.5 Å². The fourth-order valence-electron chi connectivity index (χ4n) is 3.91. The number of ether oxygens (including phenoxy) is 2. The highest BCUT2D eigenvalue weighted by Gasteiger charge is 2.37. The number of aryl methyl sites for hydroxylation is 1. The highest BCUT2D eigenvalue weighted by Crippen LogP contribution is 2.35. The van der Waals surface area contributed by atoms with Gasteiger partial charge in [-0.3, -0.25) is 4.79 Å². The monoisotopic (exact) mass is 443 g/mol. The second-order valence-corrected chi connectivity index (χ2v) is 9.05. The highest BCUT2D eigenvalue weighted by molar-refractivity contribution is 7.22. The minimum absolute atomic E-state index is 0.0245. The molecule has 2 unspecified atom stereocenters. The number of benzene rings is 2. The van der Waals surface area contributed by atoms with Crippen LogP contribution < -0.4 is 14.4 Å². The molecular weight excluding hydrogens is 422 g/mol. The summed E-state index contributed by atoms with van der Waals surface area (Å²) in [6, 6.07) is 11.4. The molecule has 1 aromatic heterocycles. The third-order valence-electron chi connectivity index (χ3n) is 5.68. The molecule has 30 heavy (non-hydrogen) atoms. The fraction of sp³-hybridized carbons (Fsp3) is 0.364. The molecule has 6 nitrogen and oxygen atoms in total. The van der Waals surface area contributed by atoms with E-state index >= 15 is 0 Å². The van der Waals surface area contributed by atoms with E-state index in [4.69, 9.17) is 26.1 Å². The van der Waals surface area contributed by atoms with Crippen molar-refractivity contribution in [3.63, 3.8) is 0 Å². The lowest BCUT2D eigenvalue weighted by atomic mass is 10.1. The highest BCUT2D eigenvalue weighted by atomic mass is 35.5. The van der Waals surface area contributed by atoms with Gasteiger partial charge in [0.1, 0.15) is 6.10 Å². The molecule has 3 aromatic rings. The van der Waals surface area contributed by atoms with Gasteiger partial charge >= 0.3 is 0 Å². The van der Waals surface area contributed by atoms with Crippen LogP contribution in [0.2, 0.25) is 5.02 Å². The molecule has 5 rings (SSSR count). The molecule has 2 aromatic carbocycles. The van der Waals surface area contributed by atoms with Gasteiger partial charge in [-0.2, -0.15) is 0 Å². The van der Waals surface area contributed by atoms with E-state index in [2.05, 4.69) is 4.90 Å². The fourth-order valence-corrected chi connectivity index (χ4v) is 5.14. The minimum Gasteiger partial charge on any atom is -0.482 e. The van der Waals surface area contributed by atoms with Crippen LogP contribution in [0.25, 0.3) is 10.2 Å². The number of carbonyl (C=O) groups excluding carboxylic acids is 1. The summed E-state index contributed by atoms with van der Waals surface area (Å²) in [5.41, 5.74) is 1.97. The van der Waals surface area contributed by atoms with E-state index < -0.39 is 6.10 Å². The second kappa shape index (κ2) is 7.63. The van der Waals surface area contributed by atoms with Crippen molar-refractivity contribution in [3.05, 3.63) is 47.0 Å². The zero-order valence-corrected chi connectivity index (χ0v) is 18.4. The van der Waals surface area contributed by atoms with Gasteiger partial charge in [0.05, 0.1) is 10.2 Å². The largest absolute Gasteiger partial charge is 0.482 e. The van der Waals surface area contributed by atoms with Crippen molar-refractivity contribution in [2.45, 2.75) is 26.1 Å². The molecule has 156 valence electrons. The topological polar surface area (TPSA) is 54.9 Å². The molecule has 1 amide bonds. The maximum absolute atomic E-state index is 13.1. The number of thiazole rings is 1. The number of amides is 1. The molecule has 3 heterocycles. The van der Waals surface area contributed by atoms with Gasteiger partial charge < -0.3 is 19.3 Å². The summed E-state index contributed by atoms with van der Waals surface area (Å²) in [5, 5.41) is 1.71. The Labute approximate surface area is 184 Å². The maximum Gasteiger partial charge on any atom is 0.267 e. The number of fused-ring (bicyclic) bond motifs is 2. The van der Waals surface area contributed by atoms with E-state index in [0.717, 1.165) is 39.0 Å². The SMILES string of the molecule is Cc1c(Cl)ccc2sc(N3CCN(C(=O)C4Oc5ccccc5OC4C)CC3)nc12. The van der Waals surface area contributed by atoms with Gasteiger partial charge in [0.15, 0.2) is 16.6 Å². The lowest BCUT2D eigenvalue weighted by Gasteiger charge is -2.38. The van der Waals surface area contributed by atoms with Crippen LogP contribution in [0.3, 0.4) is 0 Å². The molecule has 1 saturated heterocycles. The van der Waals surface area contributed by atoms with E-state index in [9.17, 15) is 4.79 Å². The summed E-state index contributed by atoms with van der Waals surface area (Å²) in [4.78, 5) is 22.0. The summed E-state index contributed by atoms with van der Waals surface area (Å²) >= 11 is 7.90. The number of nitrogens with zero attached hydrogens (tertiary/aromatic N) is 3. The number of halogens is 1. The Balaban J connectivity index is 1.27. The lowest BCUT2D eigenvalue weighted by molar-refractivity contribution is -0.144. The van der Waals surface area contributed by atoms with Gasteiger partial charge in [-0.25, -0.2) is 4.98 Å². The van der Waals surface area contributed by atoms with Crippen molar-refractivity contribution in [1.29, 1.82) is 0 Å². The van der Waals surface area contributed by atoms with Crippen molar-refractivity contribution >= 4 is 44.2 Å². The zero-order valence-electron chi connectivity index (χ0n) is 16.8. The Morgan fingerprint density at radius 2 is 1.80 bits per heavy atom. The van der Waals surface area contributed by atoms with E-state index in [1.54, 1.807) is 11.3 Å². The lowest BCUT2D eigenvalue weighted by Crippen LogP contribution is -2.56. The predicted molar refractivity (Wildman–Crippen MR) is 119 cm³/mol. The molecule has 2 aliphatic heterocycles. The van der Waals surface area contributed by atoms with Crippen LogP contribution in [0.15, 0.2) is 36.4 Å². The number of anilines is 1.